The maximum Gasteiger partial charge on any atom is 0.160 e. The Morgan fingerprint density at radius 2 is 1.85 bits per heavy atom. The minimum Gasteiger partial charge on any atom is -0.297 e. The number of hydrogen-bond donors (Lipinski definition) is 0. The Morgan fingerprint density at radius 3 is 2.60 bits per heavy atom. The van der Waals surface area contributed by atoms with Crippen LogP contribution >= 0.6 is 22.7 Å². The fourth-order valence-corrected chi connectivity index (χ4v) is 4.32. The van der Waals surface area contributed by atoms with Crippen LogP contribution in [0.25, 0.3) is 9.75 Å². The smallest absolute Gasteiger partial charge is 0.160 e. The molecule has 3 heteroatoms. The first-order chi connectivity index (χ1) is 9.85. The zero-order valence-electron chi connectivity index (χ0n) is 12.1. The highest BCUT2D eigenvalue weighted by atomic mass is 32.1. The lowest BCUT2D eigenvalue weighted by atomic mass is 10.1. The summed E-state index contributed by atoms with van der Waals surface area (Å²) in [7, 11) is 0. The molecule has 2 rings (SSSR count). The number of thiophene rings is 2. The first-order valence-corrected chi connectivity index (χ1v) is 9.16. The van der Waals surface area contributed by atoms with E-state index in [1.807, 2.05) is 6.07 Å². The van der Waals surface area contributed by atoms with Crippen LogP contribution < -0.4 is 0 Å². The number of carbonyl (C=O) groups excluding carboxylic acids is 1. The summed E-state index contributed by atoms with van der Waals surface area (Å²) in [5.74, 6) is 0. The Hall–Kier alpha value is -0.930. The third-order valence-corrected chi connectivity index (χ3v) is 5.66. The number of aryl methyl sites for hydroxylation is 1. The predicted octanol–water partition coefficient (Wildman–Crippen LogP) is 6.19. The van der Waals surface area contributed by atoms with Gasteiger partial charge in [-0.25, -0.2) is 0 Å². The third-order valence-electron chi connectivity index (χ3n) is 3.51. The van der Waals surface area contributed by atoms with Gasteiger partial charge in [-0.3, -0.25) is 4.79 Å². The lowest BCUT2D eigenvalue weighted by Gasteiger charge is -2.02. The fourth-order valence-electron chi connectivity index (χ4n) is 2.38. The molecule has 0 radical (unpaired) electrons. The summed E-state index contributed by atoms with van der Waals surface area (Å²) in [6, 6.07) is 6.23. The quantitative estimate of drug-likeness (QED) is 0.398. The van der Waals surface area contributed by atoms with Crippen molar-refractivity contribution in [1.29, 1.82) is 0 Å². The normalized spacial score (nSPS) is 10.8. The van der Waals surface area contributed by atoms with Gasteiger partial charge in [-0.15, -0.1) is 22.7 Å². The molecule has 0 unspecified atom stereocenters. The standard InChI is InChI=1S/C17H22OS2/c1-2-3-4-5-6-7-8-14-11-12-19-17(14)16-10-9-15(13-18)20-16/h9-13H,2-8H2,1H3. The van der Waals surface area contributed by atoms with Crippen molar-refractivity contribution in [3.63, 3.8) is 0 Å². The van der Waals surface area contributed by atoms with Crippen LogP contribution in [0.15, 0.2) is 23.6 Å². The van der Waals surface area contributed by atoms with E-state index in [9.17, 15) is 4.79 Å². The summed E-state index contributed by atoms with van der Waals surface area (Å²) in [4.78, 5) is 14.2. The van der Waals surface area contributed by atoms with Crippen molar-refractivity contribution in [2.45, 2.75) is 51.9 Å². The summed E-state index contributed by atoms with van der Waals surface area (Å²) in [6.45, 7) is 2.26. The third kappa shape index (κ3) is 4.29. The van der Waals surface area contributed by atoms with Gasteiger partial charge >= 0.3 is 0 Å². The van der Waals surface area contributed by atoms with Gasteiger partial charge in [-0.2, -0.15) is 0 Å². The van der Waals surface area contributed by atoms with Gasteiger partial charge in [-0.05, 0) is 42.0 Å². The van der Waals surface area contributed by atoms with Crippen LogP contribution in [0.4, 0.5) is 0 Å². The van der Waals surface area contributed by atoms with Crippen molar-refractivity contribution in [3.05, 3.63) is 34.0 Å². The van der Waals surface area contributed by atoms with Crippen molar-refractivity contribution in [3.8, 4) is 9.75 Å². The van der Waals surface area contributed by atoms with Gasteiger partial charge < -0.3 is 0 Å². The predicted molar refractivity (Wildman–Crippen MR) is 90.1 cm³/mol. The van der Waals surface area contributed by atoms with E-state index in [2.05, 4.69) is 24.4 Å². The van der Waals surface area contributed by atoms with Crippen molar-refractivity contribution >= 4 is 29.0 Å². The maximum atomic E-state index is 10.8. The minimum absolute atomic E-state index is 0.818. The molecule has 0 aliphatic rings. The molecule has 0 aromatic carbocycles. The molecule has 0 saturated heterocycles. The Bertz CT molecular complexity index is 525. The SMILES string of the molecule is CCCCCCCCc1ccsc1-c1ccc(C=O)s1. The van der Waals surface area contributed by atoms with E-state index in [4.69, 9.17) is 0 Å². The van der Waals surface area contributed by atoms with Crippen LogP contribution in [-0.2, 0) is 6.42 Å². The lowest BCUT2D eigenvalue weighted by Crippen LogP contribution is -1.86. The molecule has 2 heterocycles. The van der Waals surface area contributed by atoms with E-state index in [-0.39, 0.29) is 0 Å². The van der Waals surface area contributed by atoms with Gasteiger partial charge in [0.1, 0.15) is 0 Å². The molecule has 2 aromatic heterocycles. The molecule has 20 heavy (non-hydrogen) atoms. The van der Waals surface area contributed by atoms with Crippen LogP contribution in [0.5, 0.6) is 0 Å². The van der Waals surface area contributed by atoms with Gasteiger partial charge in [0.15, 0.2) is 6.29 Å². The van der Waals surface area contributed by atoms with Gasteiger partial charge in [0.25, 0.3) is 0 Å². The van der Waals surface area contributed by atoms with Crippen molar-refractivity contribution in [2.24, 2.45) is 0 Å². The molecule has 0 amide bonds. The van der Waals surface area contributed by atoms with Crippen LogP contribution in [0, 0.1) is 0 Å². The molecule has 0 bridgehead atoms. The van der Waals surface area contributed by atoms with Crippen molar-refractivity contribution < 1.29 is 4.79 Å². The molecule has 0 atom stereocenters. The van der Waals surface area contributed by atoms with E-state index in [0.717, 1.165) is 11.2 Å². The average molecular weight is 306 g/mol. The number of unbranched alkanes of at least 4 members (excludes halogenated alkanes) is 5. The van der Waals surface area contributed by atoms with E-state index in [1.54, 1.807) is 22.7 Å². The van der Waals surface area contributed by atoms with Crippen LogP contribution in [0.1, 0.15) is 60.7 Å². The van der Waals surface area contributed by atoms with Gasteiger partial charge in [0.2, 0.25) is 0 Å². The largest absolute Gasteiger partial charge is 0.297 e. The highest BCUT2D eigenvalue weighted by molar-refractivity contribution is 7.22. The molecule has 0 N–H and O–H groups in total. The summed E-state index contributed by atoms with van der Waals surface area (Å²) in [5, 5.41) is 2.17. The first kappa shape index (κ1) is 15.5. The van der Waals surface area contributed by atoms with E-state index >= 15 is 0 Å². The van der Waals surface area contributed by atoms with Crippen LogP contribution in [0.2, 0.25) is 0 Å². The Kier molecular flexibility index (Phi) is 6.48. The van der Waals surface area contributed by atoms with Crippen LogP contribution in [-0.4, -0.2) is 6.29 Å². The van der Waals surface area contributed by atoms with Crippen molar-refractivity contribution in [1.82, 2.24) is 0 Å². The summed E-state index contributed by atoms with van der Waals surface area (Å²) in [5.41, 5.74) is 1.45. The molecule has 2 aromatic rings. The zero-order valence-corrected chi connectivity index (χ0v) is 13.7. The summed E-state index contributed by atoms with van der Waals surface area (Å²) in [6.07, 6.45) is 10.1. The van der Waals surface area contributed by atoms with Gasteiger partial charge in [0, 0.05) is 9.75 Å². The number of aldehydes is 1. The van der Waals surface area contributed by atoms with E-state index < -0.39 is 0 Å². The minimum atomic E-state index is 0.818. The molecule has 0 saturated carbocycles. The number of hydrogen-bond acceptors (Lipinski definition) is 3. The van der Waals surface area contributed by atoms with Gasteiger partial charge in [0.05, 0.1) is 4.88 Å². The lowest BCUT2D eigenvalue weighted by molar-refractivity contribution is 0.112. The molecule has 1 nitrogen and oxygen atoms in total. The monoisotopic (exact) mass is 306 g/mol. The average Bonchev–Trinajstić information content (AvgIpc) is 3.10. The molecule has 0 spiro atoms. The summed E-state index contributed by atoms with van der Waals surface area (Å²) >= 11 is 3.39. The van der Waals surface area contributed by atoms with Gasteiger partial charge in [-0.1, -0.05) is 39.0 Å². The maximum absolute atomic E-state index is 10.8. The van der Waals surface area contributed by atoms with Crippen LogP contribution in [0.3, 0.4) is 0 Å². The number of carbonyl (C=O) groups is 1. The first-order valence-electron chi connectivity index (χ1n) is 7.47. The highest BCUT2D eigenvalue weighted by Crippen LogP contribution is 2.35. The van der Waals surface area contributed by atoms with Crippen molar-refractivity contribution in [2.75, 3.05) is 0 Å². The summed E-state index contributed by atoms with van der Waals surface area (Å²) < 4.78 is 0. The Labute approximate surface area is 129 Å². The molecule has 0 aliphatic carbocycles. The zero-order chi connectivity index (χ0) is 14.2. The topological polar surface area (TPSA) is 17.1 Å². The second-order valence-corrected chi connectivity index (χ2v) is 7.14. The number of rotatable bonds is 9. The van der Waals surface area contributed by atoms with E-state index in [1.165, 1.54) is 60.3 Å². The second kappa shape index (κ2) is 8.38. The Morgan fingerprint density at radius 1 is 1.05 bits per heavy atom. The van der Waals surface area contributed by atoms with E-state index in [0.29, 0.717) is 0 Å². The second-order valence-electron chi connectivity index (χ2n) is 5.11. The fraction of sp³-hybridized carbons (Fsp3) is 0.471. The molecule has 0 fully saturated rings. The Balaban J connectivity index is 1.87. The molecular weight excluding hydrogens is 284 g/mol. The molecule has 0 aliphatic heterocycles. The molecule has 108 valence electrons. The molecular formula is C17H22OS2. The highest BCUT2D eigenvalue weighted by Gasteiger charge is 2.09.